The van der Waals surface area contributed by atoms with E-state index in [2.05, 4.69) is 26.1 Å². The molecular formula is C17H29ClNO3+. The second-order valence-electron chi connectivity index (χ2n) is 6.16. The Hall–Kier alpha value is -0.810. The fourth-order valence-electron chi connectivity index (χ4n) is 2.22. The number of halogens is 1. The Balaban J connectivity index is 2.58. The SMILES string of the molecule is COC[C@@H](C)[NH2+]C[C@H](O)COc1cc(C)c(Cl)cc1C(C)C. The number of ether oxygens (including phenoxy) is 2. The van der Waals surface area contributed by atoms with Gasteiger partial charge < -0.3 is 19.9 Å². The van der Waals surface area contributed by atoms with Crippen LogP contribution in [0.1, 0.15) is 37.8 Å². The lowest BCUT2D eigenvalue weighted by Gasteiger charge is -2.18. The van der Waals surface area contributed by atoms with Crippen molar-refractivity contribution < 1.29 is 19.9 Å². The third-order valence-corrected chi connectivity index (χ3v) is 3.99. The summed E-state index contributed by atoms with van der Waals surface area (Å²) in [7, 11) is 1.68. The quantitative estimate of drug-likeness (QED) is 0.729. The molecule has 0 fully saturated rings. The van der Waals surface area contributed by atoms with E-state index in [-0.39, 0.29) is 6.61 Å². The van der Waals surface area contributed by atoms with E-state index >= 15 is 0 Å². The number of benzene rings is 1. The fourth-order valence-corrected chi connectivity index (χ4v) is 2.39. The molecule has 0 amide bonds. The summed E-state index contributed by atoms with van der Waals surface area (Å²) in [5, 5.41) is 12.9. The Labute approximate surface area is 138 Å². The van der Waals surface area contributed by atoms with Crippen LogP contribution < -0.4 is 10.1 Å². The molecule has 0 aliphatic carbocycles. The van der Waals surface area contributed by atoms with Crippen LogP contribution in [0.4, 0.5) is 0 Å². The molecule has 0 heterocycles. The molecular weight excluding hydrogens is 302 g/mol. The molecule has 1 rings (SSSR count). The number of rotatable bonds is 9. The predicted octanol–water partition coefficient (Wildman–Crippen LogP) is 2.11. The van der Waals surface area contributed by atoms with Crippen molar-refractivity contribution in [1.82, 2.24) is 0 Å². The first-order chi connectivity index (χ1) is 10.3. The summed E-state index contributed by atoms with van der Waals surface area (Å²) in [4.78, 5) is 0. The van der Waals surface area contributed by atoms with E-state index in [0.717, 1.165) is 21.9 Å². The van der Waals surface area contributed by atoms with Gasteiger partial charge in [0.1, 0.15) is 31.0 Å². The monoisotopic (exact) mass is 330 g/mol. The number of hydrogen-bond acceptors (Lipinski definition) is 3. The largest absolute Gasteiger partial charge is 0.490 e. The van der Waals surface area contributed by atoms with Crippen LogP contribution in [-0.4, -0.2) is 44.1 Å². The molecule has 0 unspecified atom stereocenters. The normalized spacial score (nSPS) is 14.2. The number of aliphatic hydroxyl groups is 1. The van der Waals surface area contributed by atoms with Crippen LogP contribution in [0.25, 0.3) is 0 Å². The standard InChI is InChI=1S/C17H28ClNO3/c1-11(2)15-7-16(18)12(3)6-17(15)22-10-14(20)8-19-13(4)9-21-5/h6-7,11,13-14,19-20H,8-10H2,1-5H3/p+1/t13-,14+/m1/s1. The first-order valence-electron chi connectivity index (χ1n) is 7.78. The Morgan fingerprint density at radius 3 is 2.50 bits per heavy atom. The highest BCUT2D eigenvalue weighted by molar-refractivity contribution is 6.31. The molecule has 0 aliphatic heterocycles. The highest BCUT2D eigenvalue weighted by atomic mass is 35.5. The van der Waals surface area contributed by atoms with Crippen molar-refractivity contribution in [1.29, 1.82) is 0 Å². The van der Waals surface area contributed by atoms with Gasteiger partial charge in [-0.2, -0.15) is 0 Å². The van der Waals surface area contributed by atoms with Gasteiger partial charge >= 0.3 is 0 Å². The highest BCUT2D eigenvalue weighted by Gasteiger charge is 2.15. The van der Waals surface area contributed by atoms with Crippen molar-refractivity contribution in [3.8, 4) is 5.75 Å². The molecule has 0 aliphatic rings. The Morgan fingerprint density at radius 1 is 1.23 bits per heavy atom. The van der Waals surface area contributed by atoms with Crippen LogP contribution in [0.5, 0.6) is 5.75 Å². The highest BCUT2D eigenvalue weighted by Crippen LogP contribution is 2.32. The molecule has 5 heteroatoms. The maximum Gasteiger partial charge on any atom is 0.137 e. The van der Waals surface area contributed by atoms with Gasteiger partial charge in [-0.3, -0.25) is 0 Å². The minimum atomic E-state index is -0.518. The zero-order chi connectivity index (χ0) is 16.7. The summed E-state index contributed by atoms with van der Waals surface area (Å²) in [6.45, 7) is 9.76. The van der Waals surface area contributed by atoms with Gasteiger partial charge in [0.25, 0.3) is 0 Å². The average Bonchev–Trinajstić information content (AvgIpc) is 2.46. The summed E-state index contributed by atoms with van der Waals surface area (Å²) in [5.74, 6) is 1.12. The van der Waals surface area contributed by atoms with Crippen molar-refractivity contribution in [2.75, 3.05) is 26.9 Å². The maximum absolute atomic E-state index is 10.1. The lowest BCUT2D eigenvalue weighted by atomic mass is 10.0. The molecule has 0 radical (unpaired) electrons. The molecule has 0 saturated heterocycles. The lowest BCUT2D eigenvalue weighted by Crippen LogP contribution is -2.92. The van der Waals surface area contributed by atoms with Crippen LogP contribution in [0.15, 0.2) is 12.1 Å². The first kappa shape index (κ1) is 19.2. The number of hydrogen-bond donors (Lipinski definition) is 2. The molecule has 3 N–H and O–H groups in total. The number of aryl methyl sites for hydroxylation is 1. The summed E-state index contributed by atoms with van der Waals surface area (Å²) >= 11 is 6.19. The van der Waals surface area contributed by atoms with Crippen LogP contribution in [-0.2, 0) is 4.74 Å². The van der Waals surface area contributed by atoms with Crippen molar-refractivity contribution in [2.45, 2.75) is 45.8 Å². The molecule has 0 aromatic heterocycles. The zero-order valence-electron chi connectivity index (χ0n) is 14.2. The number of nitrogens with two attached hydrogens (primary N) is 1. The lowest BCUT2D eigenvalue weighted by molar-refractivity contribution is -0.693. The van der Waals surface area contributed by atoms with E-state index < -0.39 is 6.10 Å². The molecule has 0 spiro atoms. The van der Waals surface area contributed by atoms with E-state index in [1.54, 1.807) is 7.11 Å². The van der Waals surface area contributed by atoms with Gasteiger partial charge in [0.2, 0.25) is 0 Å². The Kier molecular flexibility index (Phi) is 8.18. The molecule has 1 aromatic carbocycles. The van der Waals surface area contributed by atoms with E-state index in [0.29, 0.717) is 25.1 Å². The molecule has 1 aromatic rings. The predicted molar refractivity (Wildman–Crippen MR) is 89.9 cm³/mol. The summed E-state index contributed by atoms with van der Waals surface area (Å²) < 4.78 is 10.9. The molecule has 22 heavy (non-hydrogen) atoms. The van der Waals surface area contributed by atoms with Crippen molar-refractivity contribution in [3.63, 3.8) is 0 Å². The van der Waals surface area contributed by atoms with Crippen LogP contribution in [0.2, 0.25) is 5.02 Å². The molecule has 126 valence electrons. The van der Waals surface area contributed by atoms with Gasteiger partial charge in [0.05, 0.1) is 6.61 Å². The fraction of sp³-hybridized carbons (Fsp3) is 0.647. The van der Waals surface area contributed by atoms with Crippen molar-refractivity contribution >= 4 is 11.6 Å². The third kappa shape index (κ3) is 6.13. The molecule has 0 saturated carbocycles. The van der Waals surface area contributed by atoms with Crippen LogP contribution in [0, 0.1) is 6.92 Å². The minimum absolute atomic E-state index is 0.275. The van der Waals surface area contributed by atoms with Gasteiger partial charge in [-0.25, -0.2) is 0 Å². The Bertz CT molecular complexity index is 465. The van der Waals surface area contributed by atoms with Gasteiger partial charge in [-0.1, -0.05) is 25.4 Å². The average molecular weight is 331 g/mol. The molecule has 0 bridgehead atoms. The third-order valence-electron chi connectivity index (χ3n) is 3.58. The zero-order valence-corrected chi connectivity index (χ0v) is 15.0. The molecule has 4 nitrogen and oxygen atoms in total. The number of aliphatic hydroxyl groups excluding tert-OH is 1. The van der Waals surface area contributed by atoms with Crippen LogP contribution in [0.3, 0.4) is 0 Å². The van der Waals surface area contributed by atoms with Gasteiger partial charge in [0, 0.05) is 12.1 Å². The van der Waals surface area contributed by atoms with Crippen molar-refractivity contribution in [3.05, 3.63) is 28.3 Å². The molecule has 2 atom stereocenters. The second-order valence-corrected chi connectivity index (χ2v) is 6.57. The summed E-state index contributed by atoms with van der Waals surface area (Å²) in [6.07, 6.45) is -0.518. The Morgan fingerprint density at radius 2 is 1.91 bits per heavy atom. The maximum atomic E-state index is 10.1. The van der Waals surface area contributed by atoms with Gasteiger partial charge in [-0.15, -0.1) is 0 Å². The number of quaternary nitrogens is 1. The van der Waals surface area contributed by atoms with E-state index in [1.807, 2.05) is 19.1 Å². The minimum Gasteiger partial charge on any atom is -0.490 e. The number of methoxy groups -OCH3 is 1. The van der Waals surface area contributed by atoms with Gasteiger partial charge in [-0.05, 0) is 43.0 Å². The summed E-state index contributed by atoms with van der Waals surface area (Å²) in [6, 6.07) is 4.22. The van der Waals surface area contributed by atoms with E-state index in [4.69, 9.17) is 21.1 Å². The van der Waals surface area contributed by atoms with Crippen molar-refractivity contribution in [2.24, 2.45) is 0 Å². The smallest absolute Gasteiger partial charge is 0.137 e. The summed E-state index contributed by atoms with van der Waals surface area (Å²) in [5.41, 5.74) is 2.05. The topological polar surface area (TPSA) is 55.3 Å². The van der Waals surface area contributed by atoms with Gasteiger partial charge in [0.15, 0.2) is 0 Å². The van der Waals surface area contributed by atoms with E-state index in [1.165, 1.54) is 0 Å². The first-order valence-corrected chi connectivity index (χ1v) is 8.16. The van der Waals surface area contributed by atoms with Crippen LogP contribution >= 0.6 is 11.6 Å². The second kappa shape index (κ2) is 9.36. The van der Waals surface area contributed by atoms with E-state index in [9.17, 15) is 5.11 Å².